The summed E-state index contributed by atoms with van der Waals surface area (Å²) >= 11 is 0. The molecule has 1 heterocycles. The molecule has 4 bridgehead atoms. The fraction of sp³-hybridized carbons (Fsp3) is 0.583. The molecule has 2 aromatic rings. The SMILES string of the molecule is Cc1ccc(OCc2c(C(=O)NCC34CC5CC(CC(C5)C3)C4)noc2C)cc1. The van der Waals surface area contributed by atoms with Crippen LogP contribution >= 0.6 is 0 Å². The Morgan fingerprint density at radius 1 is 1.10 bits per heavy atom. The molecule has 1 N–H and O–H groups in total. The molecule has 4 fully saturated rings. The second-order valence-corrected chi connectivity index (χ2v) is 9.77. The van der Waals surface area contributed by atoms with Crippen molar-refractivity contribution in [2.75, 3.05) is 6.54 Å². The van der Waals surface area contributed by atoms with Crippen LogP contribution in [0.1, 0.15) is 65.9 Å². The van der Waals surface area contributed by atoms with E-state index in [1.807, 2.05) is 38.1 Å². The van der Waals surface area contributed by atoms with Gasteiger partial charge >= 0.3 is 0 Å². The van der Waals surface area contributed by atoms with E-state index in [2.05, 4.69) is 10.5 Å². The van der Waals surface area contributed by atoms with Crippen molar-refractivity contribution in [3.05, 3.63) is 46.8 Å². The van der Waals surface area contributed by atoms with Gasteiger partial charge in [0.15, 0.2) is 5.69 Å². The molecule has 4 aliphatic carbocycles. The molecular formula is C24H30N2O3. The largest absolute Gasteiger partial charge is 0.489 e. The molecule has 1 aromatic heterocycles. The number of ether oxygens (including phenoxy) is 1. The van der Waals surface area contributed by atoms with Crippen molar-refractivity contribution < 1.29 is 14.1 Å². The molecule has 0 saturated heterocycles. The number of nitrogens with zero attached hydrogens (tertiary/aromatic N) is 1. The van der Waals surface area contributed by atoms with Crippen molar-refractivity contribution >= 4 is 5.91 Å². The smallest absolute Gasteiger partial charge is 0.273 e. The van der Waals surface area contributed by atoms with Crippen LogP contribution in [0.25, 0.3) is 0 Å². The summed E-state index contributed by atoms with van der Waals surface area (Å²) in [6.45, 7) is 4.91. The lowest BCUT2D eigenvalue weighted by molar-refractivity contribution is -0.0503. The van der Waals surface area contributed by atoms with E-state index in [0.29, 0.717) is 16.9 Å². The number of rotatable bonds is 6. The van der Waals surface area contributed by atoms with Crippen molar-refractivity contribution in [2.45, 2.75) is 59.0 Å². The van der Waals surface area contributed by atoms with E-state index >= 15 is 0 Å². The van der Waals surface area contributed by atoms with Crippen molar-refractivity contribution in [1.29, 1.82) is 0 Å². The number of aryl methyl sites for hydroxylation is 2. The molecule has 0 radical (unpaired) electrons. The Morgan fingerprint density at radius 3 is 2.34 bits per heavy atom. The Kier molecular flexibility index (Phi) is 4.64. The Hall–Kier alpha value is -2.30. The number of benzene rings is 1. The number of aromatic nitrogens is 1. The predicted molar refractivity (Wildman–Crippen MR) is 110 cm³/mol. The second kappa shape index (κ2) is 7.19. The molecule has 154 valence electrons. The molecule has 0 atom stereocenters. The van der Waals surface area contributed by atoms with Crippen LogP contribution in [0.5, 0.6) is 5.75 Å². The number of nitrogens with one attached hydrogen (secondary N) is 1. The molecular weight excluding hydrogens is 364 g/mol. The minimum absolute atomic E-state index is 0.139. The number of hydrogen-bond acceptors (Lipinski definition) is 4. The minimum atomic E-state index is -0.139. The van der Waals surface area contributed by atoms with Crippen molar-refractivity contribution in [2.24, 2.45) is 23.2 Å². The van der Waals surface area contributed by atoms with Gasteiger partial charge in [0.2, 0.25) is 0 Å². The molecule has 6 rings (SSSR count). The summed E-state index contributed by atoms with van der Waals surface area (Å²) in [7, 11) is 0. The van der Waals surface area contributed by atoms with Crippen LogP contribution in [0, 0.1) is 37.0 Å². The van der Waals surface area contributed by atoms with Crippen LogP contribution in [0.3, 0.4) is 0 Å². The Labute approximate surface area is 172 Å². The summed E-state index contributed by atoms with van der Waals surface area (Å²) < 4.78 is 11.2. The van der Waals surface area contributed by atoms with Gasteiger partial charge in [-0.2, -0.15) is 0 Å². The van der Waals surface area contributed by atoms with Gasteiger partial charge in [0.1, 0.15) is 18.1 Å². The highest BCUT2D eigenvalue weighted by Gasteiger charge is 2.50. The van der Waals surface area contributed by atoms with Gasteiger partial charge in [-0.25, -0.2) is 0 Å². The monoisotopic (exact) mass is 394 g/mol. The standard InChI is InChI=1S/C24H30N2O3/c1-15-3-5-20(6-4-15)28-13-21-16(2)29-26-22(21)23(27)25-14-24-10-17-7-18(11-24)9-19(8-17)12-24/h3-6,17-19H,7-14H2,1-2H3,(H,25,27). The first-order valence-electron chi connectivity index (χ1n) is 10.9. The van der Waals surface area contributed by atoms with E-state index in [-0.39, 0.29) is 12.5 Å². The average Bonchev–Trinajstić information content (AvgIpc) is 3.05. The van der Waals surface area contributed by atoms with E-state index in [1.165, 1.54) is 44.1 Å². The first kappa shape index (κ1) is 18.7. The van der Waals surface area contributed by atoms with Gasteiger partial charge in [0.05, 0.1) is 5.56 Å². The molecule has 1 amide bonds. The lowest BCUT2D eigenvalue weighted by Gasteiger charge is -2.56. The Balaban J connectivity index is 1.24. The molecule has 0 spiro atoms. The van der Waals surface area contributed by atoms with Gasteiger partial charge < -0.3 is 14.6 Å². The third-order valence-corrected chi connectivity index (χ3v) is 7.39. The van der Waals surface area contributed by atoms with Gasteiger partial charge in [-0.1, -0.05) is 22.9 Å². The van der Waals surface area contributed by atoms with Gasteiger partial charge in [0.25, 0.3) is 5.91 Å². The summed E-state index contributed by atoms with van der Waals surface area (Å²) in [4.78, 5) is 12.9. The molecule has 0 aliphatic heterocycles. The summed E-state index contributed by atoms with van der Waals surface area (Å²) in [5.74, 6) is 3.91. The zero-order chi connectivity index (χ0) is 20.0. The molecule has 4 saturated carbocycles. The number of carbonyl (C=O) groups excluding carboxylic acids is 1. The molecule has 5 heteroatoms. The maximum atomic E-state index is 12.9. The van der Waals surface area contributed by atoms with Crippen molar-refractivity contribution in [1.82, 2.24) is 10.5 Å². The van der Waals surface area contributed by atoms with Crippen LogP contribution in [0.4, 0.5) is 0 Å². The van der Waals surface area contributed by atoms with E-state index in [1.54, 1.807) is 0 Å². The van der Waals surface area contributed by atoms with E-state index in [4.69, 9.17) is 9.26 Å². The molecule has 4 aliphatic rings. The molecule has 0 unspecified atom stereocenters. The highest BCUT2D eigenvalue weighted by atomic mass is 16.5. The van der Waals surface area contributed by atoms with Crippen LogP contribution in [0.15, 0.2) is 28.8 Å². The lowest BCUT2D eigenvalue weighted by Crippen LogP contribution is -2.51. The summed E-state index contributed by atoms with van der Waals surface area (Å²) in [6.07, 6.45) is 8.07. The summed E-state index contributed by atoms with van der Waals surface area (Å²) in [5.41, 5.74) is 2.58. The third-order valence-electron chi connectivity index (χ3n) is 7.39. The summed E-state index contributed by atoms with van der Waals surface area (Å²) in [5, 5.41) is 7.24. The van der Waals surface area contributed by atoms with Crippen LogP contribution in [0.2, 0.25) is 0 Å². The van der Waals surface area contributed by atoms with Gasteiger partial charge in [-0.3, -0.25) is 4.79 Å². The first-order chi connectivity index (χ1) is 14.0. The predicted octanol–water partition coefficient (Wildman–Crippen LogP) is 4.82. The highest BCUT2D eigenvalue weighted by molar-refractivity contribution is 5.93. The molecule has 5 nitrogen and oxygen atoms in total. The average molecular weight is 395 g/mol. The highest BCUT2D eigenvalue weighted by Crippen LogP contribution is 2.59. The normalized spacial score (nSPS) is 29.8. The number of amides is 1. The Morgan fingerprint density at radius 2 is 1.72 bits per heavy atom. The number of hydrogen-bond donors (Lipinski definition) is 1. The minimum Gasteiger partial charge on any atom is -0.489 e. The Bertz CT molecular complexity index is 864. The van der Waals surface area contributed by atoms with Crippen LogP contribution in [-0.2, 0) is 6.61 Å². The fourth-order valence-electron chi connectivity index (χ4n) is 6.39. The van der Waals surface area contributed by atoms with Crippen molar-refractivity contribution in [3.8, 4) is 5.75 Å². The summed E-state index contributed by atoms with van der Waals surface area (Å²) in [6, 6.07) is 7.89. The van der Waals surface area contributed by atoms with E-state index in [0.717, 1.165) is 35.6 Å². The van der Waals surface area contributed by atoms with Crippen LogP contribution < -0.4 is 10.1 Å². The van der Waals surface area contributed by atoms with E-state index in [9.17, 15) is 4.79 Å². The van der Waals surface area contributed by atoms with Gasteiger partial charge in [-0.05, 0) is 87.7 Å². The molecule has 29 heavy (non-hydrogen) atoms. The number of carbonyl (C=O) groups is 1. The quantitative estimate of drug-likeness (QED) is 0.763. The fourth-order valence-corrected chi connectivity index (χ4v) is 6.39. The second-order valence-electron chi connectivity index (χ2n) is 9.77. The topological polar surface area (TPSA) is 64.4 Å². The maximum Gasteiger partial charge on any atom is 0.273 e. The van der Waals surface area contributed by atoms with Gasteiger partial charge in [-0.15, -0.1) is 0 Å². The van der Waals surface area contributed by atoms with Crippen LogP contribution in [-0.4, -0.2) is 17.6 Å². The lowest BCUT2D eigenvalue weighted by atomic mass is 9.49. The first-order valence-corrected chi connectivity index (χ1v) is 10.9. The van der Waals surface area contributed by atoms with Gasteiger partial charge in [0, 0.05) is 6.54 Å². The maximum absolute atomic E-state index is 12.9. The third kappa shape index (κ3) is 3.67. The molecule has 1 aromatic carbocycles. The zero-order valence-corrected chi connectivity index (χ0v) is 17.4. The van der Waals surface area contributed by atoms with E-state index < -0.39 is 0 Å². The zero-order valence-electron chi connectivity index (χ0n) is 17.4. The van der Waals surface area contributed by atoms with Crippen molar-refractivity contribution in [3.63, 3.8) is 0 Å².